The zero-order valence-electron chi connectivity index (χ0n) is 11.6. The van der Waals surface area contributed by atoms with Crippen molar-refractivity contribution < 1.29 is 9.53 Å². The average molecular weight is 297 g/mol. The highest BCUT2D eigenvalue weighted by molar-refractivity contribution is 7.99. The molecule has 0 radical (unpaired) electrons. The van der Waals surface area contributed by atoms with E-state index in [1.807, 2.05) is 36.4 Å². The van der Waals surface area contributed by atoms with Crippen LogP contribution in [-0.4, -0.2) is 23.6 Å². The maximum absolute atomic E-state index is 12.2. The van der Waals surface area contributed by atoms with Gasteiger partial charge < -0.3 is 9.72 Å². The number of benzene rings is 2. The number of Topliss-reactive ketones (excluding diaryl/α,β-unsaturated/α-hetero) is 1. The van der Waals surface area contributed by atoms with Gasteiger partial charge in [-0.05, 0) is 24.3 Å². The number of thioether (sulfide) groups is 1. The molecule has 0 saturated carbocycles. The maximum atomic E-state index is 12.2. The van der Waals surface area contributed by atoms with Crippen LogP contribution in [0.5, 0.6) is 5.75 Å². The Labute approximate surface area is 127 Å². The molecule has 1 aromatic heterocycles. The highest BCUT2D eigenvalue weighted by Crippen LogP contribution is 2.24. The number of carbonyl (C=O) groups is 1. The third-order valence-corrected chi connectivity index (χ3v) is 4.19. The first-order chi connectivity index (χ1) is 10.3. The largest absolute Gasteiger partial charge is 0.497 e. The van der Waals surface area contributed by atoms with Crippen LogP contribution in [0.25, 0.3) is 10.9 Å². The molecule has 0 atom stereocenters. The van der Waals surface area contributed by atoms with Crippen molar-refractivity contribution in [3.05, 3.63) is 60.2 Å². The Morgan fingerprint density at radius 2 is 2.00 bits per heavy atom. The molecular weight excluding hydrogens is 282 g/mol. The number of H-pyrrole nitrogens is 1. The van der Waals surface area contributed by atoms with Crippen molar-refractivity contribution in [1.82, 2.24) is 4.98 Å². The molecular formula is C17H15NO2S. The highest BCUT2D eigenvalue weighted by atomic mass is 32.2. The normalized spacial score (nSPS) is 10.7. The van der Waals surface area contributed by atoms with Crippen molar-refractivity contribution in [3.8, 4) is 5.75 Å². The standard InChI is InChI=1S/C17H15NO2S/c1-20-14-7-4-6-13(9-14)16(19)11-21-17-10-12-5-2-3-8-15(12)18-17/h2-10,18H,11H2,1H3. The fourth-order valence-electron chi connectivity index (χ4n) is 2.15. The summed E-state index contributed by atoms with van der Waals surface area (Å²) in [4.78, 5) is 15.5. The lowest BCUT2D eigenvalue weighted by atomic mass is 10.1. The molecule has 1 N–H and O–H groups in total. The first-order valence-electron chi connectivity index (χ1n) is 6.64. The minimum atomic E-state index is 0.0950. The number of aromatic nitrogens is 1. The monoisotopic (exact) mass is 297 g/mol. The predicted molar refractivity (Wildman–Crippen MR) is 86.3 cm³/mol. The van der Waals surface area contributed by atoms with Gasteiger partial charge in [0.25, 0.3) is 0 Å². The molecule has 0 fully saturated rings. The summed E-state index contributed by atoms with van der Waals surface area (Å²) in [5.41, 5.74) is 1.77. The summed E-state index contributed by atoms with van der Waals surface area (Å²) in [5.74, 6) is 1.20. The van der Waals surface area contributed by atoms with Crippen molar-refractivity contribution in [1.29, 1.82) is 0 Å². The van der Waals surface area contributed by atoms with Crippen LogP contribution in [0.2, 0.25) is 0 Å². The number of methoxy groups -OCH3 is 1. The molecule has 0 bridgehead atoms. The molecule has 3 rings (SSSR count). The van der Waals surface area contributed by atoms with E-state index in [2.05, 4.69) is 17.1 Å². The fourth-order valence-corrected chi connectivity index (χ4v) is 2.99. The van der Waals surface area contributed by atoms with E-state index in [0.29, 0.717) is 17.1 Å². The first-order valence-corrected chi connectivity index (χ1v) is 7.62. The molecule has 0 unspecified atom stereocenters. The summed E-state index contributed by atoms with van der Waals surface area (Å²) in [6, 6.07) is 17.4. The van der Waals surface area contributed by atoms with Crippen molar-refractivity contribution in [2.45, 2.75) is 5.03 Å². The number of nitrogens with one attached hydrogen (secondary N) is 1. The fraction of sp³-hybridized carbons (Fsp3) is 0.118. The number of carbonyl (C=O) groups excluding carboxylic acids is 1. The molecule has 0 aliphatic heterocycles. The van der Waals surface area contributed by atoms with Crippen molar-refractivity contribution in [3.63, 3.8) is 0 Å². The van der Waals surface area contributed by atoms with E-state index >= 15 is 0 Å². The van der Waals surface area contributed by atoms with Gasteiger partial charge in [-0.15, -0.1) is 11.8 Å². The van der Waals surface area contributed by atoms with E-state index in [1.165, 1.54) is 11.8 Å². The third-order valence-electron chi connectivity index (χ3n) is 3.26. The molecule has 3 aromatic rings. The second-order valence-electron chi connectivity index (χ2n) is 4.66. The number of hydrogen-bond acceptors (Lipinski definition) is 3. The van der Waals surface area contributed by atoms with Crippen LogP contribution in [-0.2, 0) is 0 Å². The predicted octanol–water partition coefficient (Wildman–Crippen LogP) is 4.15. The van der Waals surface area contributed by atoms with E-state index in [0.717, 1.165) is 15.9 Å². The molecule has 0 aliphatic carbocycles. The maximum Gasteiger partial charge on any atom is 0.173 e. The van der Waals surface area contributed by atoms with Gasteiger partial charge in [-0.2, -0.15) is 0 Å². The van der Waals surface area contributed by atoms with Crippen LogP contribution in [0, 0.1) is 0 Å². The Balaban J connectivity index is 1.70. The Bertz CT molecular complexity index is 746. The lowest BCUT2D eigenvalue weighted by molar-refractivity contribution is 0.102. The van der Waals surface area contributed by atoms with Crippen molar-refractivity contribution >= 4 is 28.4 Å². The summed E-state index contributed by atoms with van der Waals surface area (Å²) in [6.45, 7) is 0. The summed E-state index contributed by atoms with van der Waals surface area (Å²) in [7, 11) is 1.60. The smallest absolute Gasteiger partial charge is 0.173 e. The highest BCUT2D eigenvalue weighted by Gasteiger charge is 2.09. The molecule has 106 valence electrons. The zero-order valence-corrected chi connectivity index (χ0v) is 12.4. The van der Waals surface area contributed by atoms with Crippen LogP contribution >= 0.6 is 11.8 Å². The number of fused-ring (bicyclic) bond motifs is 1. The number of ketones is 1. The van der Waals surface area contributed by atoms with E-state index < -0.39 is 0 Å². The van der Waals surface area contributed by atoms with Gasteiger partial charge in [0.15, 0.2) is 5.78 Å². The summed E-state index contributed by atoms with van der Waals surface area (Å²) in [6.07, 6.45) is 0. The second-order valence-corrected chi connectivity index (χ2v) is 5.68. The third kappa shape index (κ3) is 3.11. The van der Waals surface area contributed by atoms with Gasteiger partial charge in [0.1, 0.15) is 5.75 Å². The Morgan fingerprint density at radius 1 is 1.14 bits per heavy atom. The van der Waals surface area contributed by atoms with E-state index in [1.54, 1.807) is 13.2 Å². The van der Waals surface area contributed by atoms with Gasteiger partial charge in [-0.3, -0.25) is 4.79 Å². The summed E-state index contributed by atoms with van der Waals surface area (Å²) in [5, 5.41) is 2.17. The number of ether oxygens (including phenoxy) is 1. The minimum Gasteiger partial charge on any atom is -0.497 e. The summed E-state index contributed by atoms with van der Waals surface area (Å²) < 4.78 is 5.14. The Kier molecular flexibility index (Phi) is 3.97. The van der Waals surface area contributed by atoms with Crippen LogP contribution < -0.4 is 4.74 Å². The Morgan fingerprint density at radius 3 is 2.81 bits per heavy atom. The van der Waals surface area contributed by atoms with Crippen LogP contribution in [0.4, 0.5) is 0 Å². The van der Waals surface area contributed by atoms with Crippen LogP contribution in [0.3, 0.4) is 0 Å². The van der Waals surface area contributed by atoms with E-state index in [9.17, 15) is 4.79 Å². The van der Waals surface area contributed by atoms with Crippen LogP contribution in [0.1, 0.15) is 10.4 Å². The number of hydrogen-bond donors (Lipinski definition) is 1. The number of para-hydroxylation sites is 1. The molecule has 3 nitrogen and oxygen atoms in total. The lowest BCUT2D eigenvalue weighted by Gasteiger charge is -2.03. The Hall–Kier alpha value is -2.20. The van der Waals surface area contributed by atoms with Gasteiger partial charge in [0.2, 0.25) is 0 Å². The lowest BCUT2D eigenvalue weighted by Crippen LogP contribution is -2.02. The number of rotatable bonds is 5. The molecule has 2 aromatic carbocycles. The molecule has 0 aliphatic rings. The molecule has 1 heterocycles. The second kappa shape index (κ2) is 6.06. The molecule has 4 heteroatoms. The van der Waals surface area contributed by atoms with E-state index in [-0.39, 0.29) is 5.78 Å². The van der Waals surface area contributed by atoms with Gasteiger partial charge in [0.05, 0.1) is 17.9 Å². The van der Waals surface area contributed by atoms with Crippen molar-refractivity contribution in [2.75, 3.05) is 12.9 Å². The molecule has 0 amide bonds. The summed E-state index contributed by atoms with van der Waals surface area (Å²) >= 11 is 1.52. The molecule has 0 saturated heterocycles. The number of aromatic amines is 1. The minimum absolute atomic E-state index is 0.0950. The average Bonchev–Trinajstić information content (AvgIpc) is 2.95. The molecule has 0 spiro atoms. The molecule has 21 heavy (non-hydrogen) atoms. The van der Waals surface area contributed by atoms with Gasteiger partial charge in [-0.1, -0.05) is 30.3 Å². The van der Waals surface area contributed by atoms with Crippen molar-refractivity contribution in [2.24, 2.45) is 0 Å². The first kappa shape index (κ1) is 13.8. The SMILES string of the molecule is COc1cccc(C(=O)CSc2cc3ccccc3[nH]2)c1. The quantitative estimate of drug-likeness (QED) is 0.568. The topological polar surface area (TPSA) is 42.1 Å². The van der Waals surface area contributed by atoms with Gasteiger partial charge >= 0.3 is 0 Å². The van der Waals surface area contributed by atoms with E-state index in [4.69, 9.17) is 4.74 Å². The van der Waals surface area contributed by atoms with Gasteiger partial charge in [-0.25, -0.2) is 0 Å². The zero-order chi connectivity index (χ0) is 14.7. The van der Waals surface area contributed by atoms with Gasteiger partial charge in [0, 0.05) is 16.5 Å². The van der Waals surface area contributed by atoms with Crippen LogP contribution in [0.15, 0.2) is 59.6 Å².